The molecule has 0 fully saturated rings. The zero-order chi connectivity index (χ0) is 24.0. The molecule has 0 atom stereocenters. The van der Waals surface area contributed by atoms with Gasteiger partial charge in [-0.25, -0.2) is 4.39 Å². The first-order valence-electron chi connectivity index (χ1n) is 10.6. The van der Waals surface area contributed by atoms with Crippen LogP contribution in [0.1, 0.15) is 5.82 Å². The molecule has 35 heavy (non-hydrogen) atoms. The lowest BCUT2D eigenvalue weighted by molar-refractivity contribution is -0.141. The number of esters is 1. The number of nitrogens with zero attached hydrogens (tertiary/aromatic N) is 5. The Balaban J connectivity index is 1.25. The van der Waals surface area contributed by atoms with Crippen LogP contribution < -0.4 is 0 Å². The van der Waals surface area contributed by atoms with Gasteiger partial charge < -0.3 is 9.26 Å². The van der Waals surface area contributed by atoms with Gasteiger partial charge in [0.2, 0.25) is 5.82 Å². The molecule has 174 valence electrons. The van der Waals surface area contributed by atoms with Crippen LogP contribution in [0.3, 0.4) is 0 Å². The second kappa shape index (κ2) is 10.3. The Morgan fingerprint density at radius 1 is 0.914 bits per heavy atom. The van der Waals surface area contributed by atoms with Crippen LogP contribution in [-0.4, -0.2) is 36.6 Å². The van der Waals surface area contributed by atoms with Crippen molar-refractivity contribution in [2.24, 2.45) is 0 Å². The lowest BCUT2D eigenvalue weighted by Gasteiger charge is -2.10. The molecule has 0 spiro atoms. The van der Waals surface area contributed by atoms with Crippen molar-refractivity contribution in [3.05, 3.63) is 96.6 Å². The zero-order valence-electron chi connectivity index (χ0n) is 18.2. The van der Waals surface area contributed by atoms with Crippen molar-refractivity contribution >= 4 is 17.7 Å². The van der Waals surface area contributed by atoms with Gasteiger partial charge in [0.15, 0.2) is 17.6 Å². The molecule has 0 aliphatic heterocycles. The SMILES string of the molecule is O=C(CSc1nnc(-c2ccccc2)n1-c1ccccc1)OCc1noc(-c2ccc(F)cc2)n1. The summed E-state index contributed by atoms with van der Waals surface area (Å²) in [7, 11) is 0. The van der Waals surface area contributed by atoms with Crippen molar-refractivity contribution in [1.29, 1.82) is 0 Å². The van der Waals surface area contributed by atoms with Crippen LogP contribution in [0.15, 0.2) is 94.6 Å². The van der Waals surface area contributed by atoms with Gasteiger partial charge in [-0.2, -0.15) is 4.98 Å². The highest BCUT2D eigenvalue weighted by Crippen LogP contribution is 2.28. The van der Waals surface area contributed by atoms with Gasteiger partial charge in [0.05, 0.1) is 5.75 Å². The van der Waals surface area contributed by atoms with Crippen LogP contribution in [0.25, 0.3) is 28.5 Å². The van der Waals surface area contributed by atoms with Crippen LogP contribution in [-0.2, 0) is 16.1 Å². The van der Waals surface area contributed by atoms with Crippen LogP contribution >= 0.6 is 11.8 Å². The third-order valence-electron chi connectivity index (χ3n) is 4.92. The summed E-state index contributed by atoms with van der Waals surface area (Å²) in [6.45, 7) is -0.148. The van der Waals surface area contributed by atoms with Gasteiger partial charge in [0.1, 0.15) is 5.82 Å². The zero-order valence-corrected chi connectivity index (χ0v) is 19.1. The predicted molar refractivity (Wildman–Crippen MR) is 127 cm³/mol. The van der Waals surface area contributed by atoms with E-state index in [9.17, 15) is 9.18 Å². The van der Waals surface area contributed by atoms with E-state index in [0.717, 1.165) is 11.3 Å². The van der Waals surface area contributed by atoms with Gasteiger partial charge >= 0.3 is 5.97 Å². The molecule has 0 aliphatic rings. The van der Waals surface area contributed by atoms with Crippen LogP contribution in [0, 0.1) is 5.82 Å². The molecule has 5 aromatic rings. The van der Waals surface area contributed by atoms with E-state index in [1.807, 2.05) is 65.2 Å². The van der Waals surface area contributed by atoms with Gasteiger partial charge in [0, 0.05) is 16.8 Å². The predicted octanol–water partition coefficient (Wildman–Crippen LogP) is 4.96. The maximum Gasteiger partial charge on any atom is 0.316 e. The fourth-order valence-corrected chi connectivity index (χ4v) is 4.03. The van der Waals surface area contributed by atoms with Crippen LogP contribution in [0.5, 0.6) is 0 Å². The molecule has 0 saturated heterocycles. The molecule has 8 nitrogen and oxygen atoms in total. The topological polar surface area (TPSA) is 95.9 Å². The van der Waals surface area contributed by atoms with E-state index in [1.165, 1.54) is 36.0 Å². The minimum atomic E-state index is -0.466. The number of para-hydroxylation sites is 1. The summed E-state index contributed by atoms with van der Waals surface area (Å²) in [6.07, 6.45) is 0. The summed E-state index contributed by atoms with van der Waals surface area (Å²) < 4.78 is 25.4. The van der Waals surface area contributed by atoms with Gasteiger partial charge in [-0.3, -0.25) is 9.36 Å². The summed E-state index contributed by atoms with van der Waals surface area (Å²) in [6, 6.07) is 25.1. The first kappa shape index (κ1) is 22.5. The molecule has 5 rings (SSSR count). The Morgan fingerprint density at radius 3 is 2.37 bits per heavy atom. The molecule has 2 heterocycles. The second-order valence-corrected chi connectivity index (χ2v) is 8.26. The highest BCUT2D eigenvalue weighted by molar-refractivity contribution is 7.99. The summed E-state index contributed by atoms with van der Waals surface area (Å²) in [5, 5.41) is 13.0. The Labute approximate surface area is 203 Å². The maximum atomic E-state index is 13.1. The number of halogens is 1. The molecule has 0 amide bonds. The Bertz CT molecular complexity index is 1420. The largest absolute Gasteiger partial charge is 0.457 e. The number of carbonyl (C=O) groups is 1. The van der Waals surface area contributed by atoms with Gasteiger partial charge in [-0.1, -0.05) is 65.4 Å². The van der Waals surface area contributed by atoms with E-state index in [4.69, 9.17) is 9.26 Å². The number of hydrogen-bond acceptors (Lipinski definition) is 8. The smallest absolute Gasteiger partial charge is 0.316 e. The molecule has 0 unspecified atom stereocenters. The Kier molecular flexibility index (Phi) is 6.62. The Hall–Kier alpha value is -4.31. The van der Waals surface area contributed by atoms with E-state index >= 15 is 0 Å². The average molecular weight is 488 g/mol. The number of hydrogen-bond donors (Lipinski definition) is 0. The lowest BCUT2D eigenvalue weighted by atomic mass is 10.2. The van der Waals surface area contributed by atoms with Gasteiger partial charge in [0.25, 0.3) is 5.89 Å². The molecule has 10 heteroatoms. The van der Waals surface area contributed by atoms with Crippen molar-refractivity contribution in [3.8, 4) is 28.5 Å². The number of benzene rings is 3. The number of ether oxygens (including phenoxy) is 1. The fraction of sp³-hybridized carbons (Fsp3) is 0.0800. The molecule has 0 aliphatic carbocycles. The average Bonchev–Trinajstić information content (AvgIpc) is 3.55. The molecule has 0 saturated carbocycles. The Morgan fingerprint density at radius 2 is 1.63 bits per heavy atom. The number of carbonyl (C=O) groups excluding carboxylic acids is 1. The first-order valence-corrected chi connectivity index (χ1v) is 11.6. The monoisotopic (exact) mass is 487 g/mol. The summed E-state index contributed by atoms with van der Waals surface area (Å²) >= 11 is 1.22. The van der Waals surface area contributed by atoms with Crippen molar-refractivity contribution in [3.63, 3.8) is 0 Å². The summed E-state index contributed by atoms with van der Waals surface area (Å²) in [4.78, 5) is 16.6. The molecule has 2 aromatic heterocycles. The third-order valence-corrected chi connectivity index (χ3v) is 5.82. The van der Waals surface area contributed by atoms with Gasteiger partial charge in [-0.15, -0.1) is 10.2 Å². The highest BCUT2D eigenvalue weighted by atomic mass is 32.2. The molecular weight excluding hydrogens is 469 g/mol. The lowest BCUT2D eigenvalue weighted by Crippen LogP contribution is -2.09. The standard InChI is InChI=1S/C25H18FN5O3S/c26-19-13-11-18(12-14-19)24-27-21(30-34-24)15-33-22(32)16-35-25-29-28-23(17-7-3-1-4-8-17)31(25)20-9-5-2-6-10-20/h1-14H,15-16H2. The van der Waals surface area contributed by atoms with E-state index in [1.54, 1.807) is 0 Å². The molecule has 0 N–H and O–H groups in total. The van der Waals surface area contributed by atoms with Gasteiger partial charge in [-0.05, 0) is 36.4 Å². The summed E-state index contributed by atoms with van der Waals surface area (Å²) in [5.41, 5.74) is 2.36. The molecule has 0 radical (unpaired) electrons. The number of thioether (sulfide) groups is 1. The van der Waals surface area contributed by atoms with E-state index in [0.29, 0.717) is 16.5 Å². The highest BCUT2D eigenvalue weighted by Gasteiger charge is 2.18. The van der Waals surface area contributed by atoms with E-state index < -0.39 is 5.97 Å². The fourth-order valence-electron chi connectivity index (χ4n) is 3.28. The quantitative estimate of drug-likeness (QED) is 0.224. The van der Waals surface area contributed by atoms with Crippen LogP contribution in [0.4, 0.5) is 4.39 Å². The van der Waals surface area contributed by atoms with Crippen molar-refractivity contribution < 1.29 is 18.4 Å². The van der Waals surface area contributed by atoms with Crippen molar-refractivity contribution in [2.75, 3.05) is 5.75 Å². The van der Waals surface area contributed by atoms with E-state index in [2.05, 4.69) is 20.3 Å². The molecular formula is C25H18FN5O3S. The molecule has 3 aromatic carbocycles. The van der Waals surface area contributed by atoms with Crippen LogP contribution in [0.2, 0.25) is 0 Å². The molecule has 0 bridgehead atoms. The summed E-state index contributed by atoms with van der Waals surface area (Å²) in [5.74, 6) is 0.289. The van der Waals surface area contributed by atoms with Crippen molar-refractivity contribution in [1.82, 2.24) is 24.9 Å². The minimum Gasteiger partial charge on any atom is -0.457 e. The second-order valence-electron chi connectivity index (χ2n) is 7.32. The van der Waals surface area contributed by atoms with E-state index in [-0.39, 0.29) is 29.9 Å². The minimum absolute atomic E-state index is 0.0163. The number of aromatic nitrogens is 5. The maximum absolute atomic E-state index is 13.1. The normalized spacial score (nSPS) is 10.9. The third kappa shape index (κ3) is 5.28. The first-order chi connectivity index (χ1) is 17.2. The van der Waals surface area contributed by atoms with Crippen molar-refractivity contribution in [2.45, 2.75) is 11.8 Å². The number of rotatable bonds is 8.